The van der Waals surface area contributed by atoms with Gasteiger partial charge in [-0.1, -0.05) is 12.6 Å². The minimum absolute atomic E-state index is 0.158. The summed E-state index contributed by atoms with van der Waals surface area (Å²) in [6.07, 6.45) is 1.69. The summed E-state index contributed by atoms with van der Waals surface area (Å²) >= 11 is 0. The molecule has 1 aliphatic rings. The zero-order valence-electron chi connectivity index (χ0n) is 15.9. The first-order valence-corrected chi connectivity index (χ1v) is 8.51. The highest BCUT2D eigenvalue weighted by Crippen LogP contribution is 2.39. The number of carbonyl (C=O) groups is 1. The molecule has 3 rings (SSSR count). The van der Waals surface area contributed by atoms with Gasteiger partial charge in [-0.25, -0.2) is 0 Å². The molecule has 0 fully saturated rings. The average molecular weight is 366 g/mol. The van der Waals surface area contributed by atoms with E-state index in [1.165, 1.54) is 0 Å². The molecule has 0 aliphatic carbocycles. The molecule has 0 saturated carbocycles. The van der Waals surface area contributed by atoms with Crippen molar-refractivity contribution in [1.82, 2.24) is 0 Å². The molecule has 2 aromatic rings. The molecule has 0 saturated heterocycles. The van der Waals surface area contributed by atoms with E-state index >= 15 is 0 Å². The Kier molecular flexibility index (Phi) is 5.21. The minimum atomic E-state index is -0.158. The highest BCUT2D eigenvalue weighted by Gasteiger charge is 2.30. The minimum Gasteiger partial charge on any atom is -0.493 e. The van der Waals surface area contributed by atoms with Crippen LogP contribution in [0.5, 0.6) is 23.0 Å². The number of benzene rings is 2. The first-order chi connectivity index (χ1) is 12.9. The highest BCUT2D eigenvalue weighted by molar-refractivity contribution is 6.15. The number of hydrogen-bond donors (Lipinski definition) is 0. The number of fused-ring (bicyclic) bond motifs is 1. The molecule has 0 unspecified atom stereocenters. The van der Waals surface area contributed by atoms with Crippen LogP contribution in [-0.2, 0) is 0 Å². The molecule has 0 bridgehead atoms. The Bertz CT molecular complexity index is 940. The molecule has 2 aromatic carbocycles. The van der Waals surface area contributed by atoms with Crippen LogP contribution >= 0.6 is 0 Å². The molecule has 0 amide bonds. The van der Waals surface area contributed by atoms with Gasteiger partial charge in [0.2, 0.25) is 5.78 Å². The Labute approximate surface area is 158 Å². The fourth-order valence-electron chi connectivity index (χ4n) is 2.82. The molecule has 0 spiro atoms. The van der Waals surface area contributed by atoms with Crippen LogP contribution in [0.4, 0.5) is 0 Å². The smallest absolute Gasteiger partial charge is 0.231 e. The van der Waals surface area contributed by atoms with Crippen molar-refractivity contribution in [2.24, 2.45) is 0 Å². The Hall–Kier alpha value is -3.21. The van der Waals surface area contributed by atoms with Crippen molar-refractivity contribution >= 4 is 11.9 Å². The van der Waals surface area contributed by atoms with E-state index in [1.54, 1.807) is 44.6 Å². The normalized spacial score (nSPS) is 13.9. The number of methoxy groups -OCH3 is 2. The monoisotopic (exact) mass is 366 g/mol. The van der Waals surface area contributed by atoms with Crippen LogP contribution in [-0.4, -0.2) is 26.6 Å². The largest absolute Gasteiger partial charge is 0.493 e. The van der Waals surface area contributed by atoms with Gasteiger partial charge in [0.25, 0.3) is 0 Å². The van der Waals surface area contributed by atoms with Crippen molar-refractivity contribution in [2.75, 3.05) is 20.8 Å². The Morgan fingerprint density at radius 3 is 2.48 bits per heavy atom. The topological polar surface area (TPSA) is 54.0 Å². The highest BCUT2D eigenvalue weighted by atomic mass is 16.5. The van der Waals surface area contributed by atoms with E-state index in [0.717, 1.165) is 16.7 Å². The van der Waals surface area contributed by atoms with Crippen LogP contribution in [0.3, 0.4) is 0 Å². The van der Waals surface area contributed by atoms with Crippen LogP contribution in [0.15, 0.2) is 48.2 Å². The zero-order valence-corrected chi connectivity index (χ0v) is 15.9. The fraction of sp³-hybridized carbons (Fsp3) is 0.227. The Balaban J connectivity index is 1.91. The second kappa shape index (κ2) is 7.58. The van der Waals surface area contributed by atoms with Gasteiger partial charge < -0.3 is 18.9 Å². The third-order valence-electron chi connectivity index (χ3n) is 4.22. The maximum absolute atomic E-state index is 12.7. The van der Waals surface area contributed by atoms with E-state index in [2.05, 4.69) is 6.58 Å². The van der Waals surface area contributed by atoms with Crippen molar-refractivity contribution in [2.45, 2.75) is 13.8 Å². The predicted molar refractivity (Wildman–Crippen MR) is 104 cm³/mol. The molecule has 0 radical (unpaired) electrons. The molecular formula is C22H22O5. The standard InChI is InChI=1S/C22H22O5/c1-13(2)12-26-17-9-7-16-21(23)20(27-22(16)14(17)3)11-15-6-8-18(24-4)19(10-15)25-5/h6-11H,1,12H2,2-5H3/b20-11-. The lowest BCUT2D eigenvalue weighted by molar-refractivity contribution is 0.101. The number of carbonyl (C=O) groups excluding carboxylic acids is 1. The maximum atomic E-state index is 12.7. The van der Waals surface area contributed by atoms with Gasteiger partial charge in [0.1, 0.15) is 18.1 Å². The van der Waals surface area contributed by atoms with E-state index in [9.17, 15) is 4.79 Å². The summed E-state index contributed by atoms with van der Waals surface area (Å²) in [5.41, 5.74) is 3.01. The SMILES string of the molecule is C=C(C)COc1ccc2c(c1C)O/C(=C\c1ccc(OC)c(OC)c1)C2=O. The second-order valence-corrected chi connectivity index (χ2v) is 6.37. The summed E-state index contributed by atoms with van der Waals surface area (Å²) in [5, 5.41) is 0. The second-order valence-electron chi connectivity index (χ2n) is 6.37. The average Bonchev–Trinajstić information content (AvgIpc) is 2.97. The number of hydrogen-bond acceptors (Lipinski definition) is 5. The van der Waals surface area contributed by atoms with Crippen molar-refractivity contribution in [3.63, 3.8) is 0 Å². The lowest BCUT2D eigenvalue weighted by Gasteiger charge is -2.11. The lowest BCUT2D eigenvalue weighted by Crippen LogP contribution is -2.00. The fourth-order valence-corrected chi connectivity index (χ4v) is 2.82. The molecule has 0 aromatic heterocycles. The lowest BCUT2D eigenvalue weighted by atomic mass is 10.1. The van der Waals surface area contributed by atoms with E-state index in [1.807, 2.05) is 19.9 Å². The molecule has 27 heavy (non-hydrogen) atoms. The van der Waals surface area contributed by atoms with Gasteiger partial charge in [-0.2, -0.15) is 0 Å². The number of ether oxygens (including phenoxy) is 4. The summed E-state index contributed by atoms with van der Waals surface area (Å²) in [6, 6.07) is 8.93. The molecule has 1 aliphatic heterocycles. The van der Waals surface area contributed by atoms with Gasteiger partial charge in [-0.15, -0.1) is 0 Å². The van der Waals surface area contributed by atoms with E-state index in [4.69, 9.17) is 18.9 Å². The third-order valence-corrected chi connectivity index (χ3v) is 4.22. The Morgan fingerprint density at radius 2 is 1.81 bits per heavy atom. The van der Waals surface area contributed by atoms with E-state index < -0.39 is 0 Å². The van der Waals surface area contributed by atoms with Crippen molar-refractivity contribution in [3.8, 4) is 23.0 Å². The summed E-state index contributed by atoms with van der Waals surface area (Å²) in [4.78, 5) is 12.7. The van der Waals surface area contributed by atoms with Crippen LogP contribution in [0, 0.1) is 6.92 Å². The molecule has 5 nitrogen and oxygen atoms in total. The van der Waals surface area contributed by atoms with Gasteiger partial charge in [0.05, 0.1) is 19.8 Å². The van der Waals surface area contributed by atoms with Gasteiger partial charge in [0.15, 0.2) is 17.3 Å². The molecule has 0 atom stereocenters. The summed E-state index contributed by atoms with van der Waals surface area (Å²) in [6.45, 7) is 8.02. The van der Waals surface area contributed by atoms with Crippen molar-refractivity contribution < 1.29 is 23.7 Å². The molecule has 140 valence electrons. The number of Topliss-reactive ketones (excluding diaryl/α,β-unsaturated/α-hetero) is 1. The first-order valence-electron chi connectivity index (χ1n) is 8.51. The maximum Gasteiger partial charge on any atom is 0.231 e. The molecule has 5 heteroatoms. The number of allylic oxidation sites excluding steroid dienone is 1. The Morgan fingerprint density at radius 1 is 1.11 bits per heavy atom. The van der Waals surface area contributed by atoms with Crippen LogP contribution in [0.1, 0.15) is 28.4 Å². The quantitative estimate of drug-likeness (QED) is 0.553. The van der Waals surface area contributed by atoms with Crippen LogP contribution in [0.2, 0.25) is 0 Å². The van der Waals surface area contributed by atoms with Gasteiger partial charge in [-0.05, 0) is 55.3 Å². The molecule has 0 N–H and O–H groups in total. The molecular weight excluding hydrogens is 344 g/mol. The first kappa shape index (κ1) is 18.6. The van der Waals surface area contributed by atoms with Crippen LogP contribution in [0.25, 0.3) is 6.08 Å². The van der Waals surface area contributed by atoms with Crippen molar-refractivity contribution in [1.29, 1.82) is 0 Å². The van der Waals surface area contributed by atoms with Crippen molar-refractivity contribution in [3.05, 3.63) is 64.9 Å². The summed E-state index contributed by atoms with van der Waals surface area (Å²) < 4.78 is 22.1. The van der Waals surface area contributed by atoms with Gasteiger partial charge in [0, 0.05) is 5.56 Å². The predicted octanol–water partition coefficient (Wildman–Crippen LogP) is 4.58. The van der Waals surface area contributed by atoms with Crippen LogP contribution < -0.4 is 18.9 Å². The zero-order chi connectivity index (χ0) is 19.6. The summed E-state index contributed by atoms with van der Waals surface area (Å²) in [5.74, 6) is 2.52. The number of ketones is 1. The van der Waals surface area contributed by atoms with Gasteiger partial charge in [-0.3, -0.25) is 4.79 Å². The third kappa shape index (κ3) is 3.67. The van der Waals surface area contributed by atoms with E-state index in [0.29, 0.717) is 35.2 Å². The summed E-state index contributed by atoms with van der Waals surface area (Å²) in [7, 11) is 3.14. The number of rotatable bonds is 6. The molecule has 1 heterocycles. The van der Waals surface area contributed by atoms with Gasteiger partial charge >= 0.3 is 0 Å². The van der Waals surface area contributed by atoms with E-state index in [-0.39, 0.29) is 11.5 Å².